The molecule has 1 aliphatic rings. The van der Waals surface area contributed by atoms with E-state index >= 15 is 0 Å². The average molecular weight is 208 g/mol. The van der Waals surface area contributed by atoms with Gasteiger partial charge >= 0.3 is 0 Å². The quantitative estimate of drug-likeness (QED) is 0.726. The highest BCUT2D eigenvalue weighted by atomic mass is 16.3. The summed E-state index contributed by atoms with van der Waals surface area (Å²) in [7, 11) is 0. The van der Waals surface area contributed by atoms with Gasteiger partial charge in [0.25, 0.3) is 0 Å². The van der Waals surface area contributed by atoms with Crippen LogP contribution in [-0.4, -0.2) is 39.5 Å². The lowest BCUT2D eigenvalue weighted by atomic mass is 10.1. The molecule has 1 N–H and O–H groups in total. The predicted molar refractivity (Wildman–Crippen MR) is 56.8 cm³/mol. The van der Waals surface area contributed by atoms with E-state index in [-0.39, 0.29) is 6.10 Å². The van der Waals surface area contributed by atoms with Gasteiger partial charge in [0.05, 0.1) is 17.5 Å². The summed E-state index contributed by atoms with van der Waals surface area (Å²) in [4.78, 5) is 6.37. The predicted octanol–water partition coefficient (Wildman–Crippen LogP) is 0.450. The van der Waals surface area contributed by atoms with Crippen LogP contribution in [0.1, 0.15) is 24.2 Å². The number of hydrogen-bond donors (Lipinski definition) is 1. The van der Waals surface area contributed by atoms with Crippen molar-refractivity contribution in [2.24, 2.45) is 0 Å². The van der Waals surface area contributed by atoms with Crippen LogP contribution in [0.3, 0.4) is 0 Å². The molecule has 1 aromatic heterocycles. The zero-order valence-electron chi connectivity index (χ0n) is 9.14. The number of β-amino-alcohol motifs (C(OH)–C–C–N with tert-alkyl or cyclic N) is 1. The molecule has 1 fully saturated rings. The Morgan fingerprint density at radius 2 is 2.07 bits per heavy atom. The van der Waals surface area contributed by atoms with E-state index in [1.165, 1.54) is 0 Å². The largest absolute Gasteiger partial charge is 0.391 e. The number of hydrogen-bond acceptors (Lipinski definition) is 5. The number of anilines is 1. The first-order chi connectivity index (χ1) is 7.16. The van der Waals surface area contributed by atoms with E-state index in [2.05, 4.69) is 15.2 Å². The van der Waals surface area contributed by atoms with Crippen LogP contribution >= 0.6 is 0 Å². The molecule has 15 heavy (non-hydrogen) atoms. The molecule has 0 bridgehead atoms. The zero-order chi connectivity index (χ0) is 10.8. The molecule has 0 saturated carbocycles. The summed E-state index contributed by atoms with van der Waals surface area (Å²) in [6, 6.07) is 0. The summed E-state index contributed by atoms with van der Waals surface area (Å²) in [5, 5.41) is 17.6. The van der Waals surface area contributed by atoms with Crippen molar-refractivity contribution in [3.8, 4) is 0 Å². The Morgan fingerprint density at radius 3 is 2.73 bits per heavy atom. The third-order valence-corrected chi connectivity index (χ3v) is 2.76. The summed E-state index contributed by atoms with van der Waals surface area (Å²) in [5.41, 5.74) is 1.76. The zero-order valence-corrected chi connectivity index (χ0v) is 9.14. The maximum atomic E-state index is 9.55. The first kappa shape index (κ1) is 10.3. The van der Waals surface area contributed by atoms with Gasteiger partial charge < -0.3 is 10.0 Å². The van der Waals surface area contributed by atoms with Gasteiger partial charge in [-0.05, 0) is 26.7 Å². The number of aliphatic hydroxyl groups excluding tert-OH is 1. The Labute approximate surface area is 89.2 Å². The van der Waals surface area contributed by atoms with Crippen molar-refractivity contribution in [3.05, 3.63) is 11.4 Å². The summed E-state index contributed by atoms with van der Waals surface area (Å²) < 4.78 is 0. The van der Waals surface area contributed by atoms with E-state index in [4.69, 9.17) is 0 Å². The molecule has 0 aliphatic carbocycles. The molecular weight excluding hydrogens is 192 g/mol. The van der Waals surface area contributed by atoms with E-state index in [1.54, 1.807) is 0 Å². The van der Waals surface area contributed by atoms with Gasteiger partial charge in [-0.3, -0.25) is 0 Å². The van der Waals surface area contributed by atoms with Crippen LogP contribution in [0.4, 0.5) is 5.95 Å². The standard InChI is InChI=1S/C10H16N4O/c1-7-8(2)12-13-10(11-7)14-5-3-4-9(15)6-14/h9,15H,3-6H2,1-2H3/t9-/m0/s1. The van der Waals surface area contributed by atoms with E-state index in [1.807, 2.05) is 18.7 Å². The molecule has 1 aliphatic heterocycles. The fourth-order valence-corrected chi connectivity index (χ4v) is 1.72. The van der Waals surface area contributed by atoms with Crippen molar-refractivity contribution in [3.63, 3.8) is 0 Å². The van der Waals surface area contributed by atoms with Crippen LogP contribution in [0.15, 0.2) is 0 Å². The van der Waals surface area contributed by atoms with Gasteiger partial charge in [0, 0.05) is 13.1 Å². The number of nitrogens with zero attached hydrogens (tertiary/aromatic N) is 4. The second-order valence-electron chi connectivity index (χ2n) is 4.02. The molecule has 1 aromatic rings. The molecule has 82 valence electrons. The Balaban J connectivity index is 2.18. The van der Waals surface area contributed by atoms with Crippen LogP contribution in [0.25, 0.3) is 0 Å². The molecule has 0 aromatic carbocycles. The van der Waals surface area contributed by atoms with Crippen LogP contribution in [0.2, 0.25) is 0 Å². The molecule has 0 radical (unpaired) electrons. The minimum Gasteiger partial charge on any atom is -0.391 e. The maximum absolute atomic E-state index is 9.55. The monoisotopic (exact) mass is 208 g/mol. The third kappa shape index (κ3) is 2.23. The fraction of sp³-hybridized carbons (Fsp3) is 0.700. The van der Waals surface area contributed by atoms with E-state index in [0.29, 0.717) is 12.5 Å². The number of aliphatic hydroxyl groups is 1. The molecule has 1 saturated heterocycles. The summed E-state index contributed by atoms with van der Waals surface area (Å²) >= 11 is 0. The lowest BCUT2D eigenvalue weighted by Crippen LogP contribution is -2.39. The lowest BCUT2D eigenvalue weighted by Gasteiger charge is -2.29. The Morgan fingerprint density at radius 1 is 1.27 bits per heavy atom. The Bertz CT molecular complexity index is 355. The van der Waals surface area contributed by atoms with Crippen molar-refractivity contribution < 1.29 is 5.11 Å². The molecule has 0 amide bonds. The first-order valence-electron chi connectivity index (χ1n) is 5.28. The topological polar surface area (TPSA) is 62.1 Å². The normalized spacial score (nSPS) is 21.8. The van der Waals surface area contributed by atoms with Gasteiger partial charge in [-0.2, -0.15) is 5.10 Å². The smallest absolute Gasteiger partial charge is 0.245 e. The van der Waals surface area contributed by atoms with Gasteiger partial charge in [-0.25, -0.2) is 4.98 Å². The molecule has 1 atom stereocenters. The SMILES string of the molecule is Cc1nnc(N2CCC[C@H](O)C2)nc1C. The molecule has 0 unspecified atom stereocenters. The summed E-state index contributed by atoms with van der Waals surface area (Å²) in [5.74, 6) is 0.636. The highest BCUT2D eigenvalue weighted by Gasteiger charge is 2.20. The van der Waals surface area contributed by atoms with Crippen molar-refractivity contribution in [1.29, 1.82) is 0 Å². The van der Waals surface area contributed by atoms with E-state index < -0.39 is 0 Å². The average Bonchev–Trinajstić information content (AvgIpc) is 2.22. The molecule has 2 rings (SSSR count). The molecule has 5 nitrogen and oxygen atoms in total. The van der Waals surface area contributed by atoms with Crippen LogP contribution < -0.4 is 4.90 Å². The highest BCUT2D eigenvalue weighted by molar-refractivity contribution is 5.30. The van der Waals surface area contributed by atoms with Gasteiger partial charge in [0.2, 0.25) is 5.95 Å². The summed E-state index contributed by atoms with van der Waals surface area (Å²) in [6.07, 6.45) is 1.59. The number of rotatable bonds is 1. The van der Waals surface area contributed by atoms with Crippen molar-refractivity contribution >= 4 is 5.95 Å². The highest BCUT2D eigenvalue weighted by Crippen LogP contribution is 2.15. The van der Waals surface area contributed by atoms with Crippen molar-refractivity contribution in [1.82, 2.24) is 15.2 Å². The first-order valence-corrected chi connectivity index (χ1v) is 5.28. The van der Waals surface area contributed by atoms with Gasteiger partial charge in [-0.15, -0.1) is 5.10 Å². The third-order valence-electron chi connectivity index (χ3n) is 2.76. The van der Waals surface area contributed by atoms with Gasteiger partial charge in [0.15, 0.2) is 0 Å². The maximum Gasteiger partial charge on any atom is 0.245 e. The van der Waals surface area contributed by atoms with Crippen molar-refractivity contribution in [2.45, 2.75) is 32.8 Å². The van der Waals surface area contributed by atoms with Crippen LogP contribution in [-0.2, 0) is 0 Å². The van der Waals surface area contributed by atoms with Gasteiger partial charge in [0.1, 0.15) is 0 Å². The van der Waals surface area contributed by atoms with Crippen LogP contribution in [0, 0.1) is 13.8 Å². The molecule has 2 heterocycles. The fourth-order valence-electron chi connectivity index (χ4n) is 1.72. The second kappa shape index (κ2) is 4.10. The lowest BCUT2D eigenvalue weighted by molar-refractivity contribution is 0.153. The number of piperidine rings is 1. The minimum absolute atomic E-state index is 0.260. The molecular formula is C10H16N4O. The van der Waals surface area contributed by atoms with E-state index in [9.17, 15) is 5.11 Å². The molecule has 5 heteroatoms. The number of aryl methyl sites for hydroxylation is 2. The van der Waals surface area contributed by atoms with Crippen LogP contribution in [0.5, 0.6) is 0 Å². The second-order valence-corrected chi connectivity index (χ2v) is 4.02. The minimum atomic E-state index is -0.260. The Hall–Kier alpha value is -1.23. The Kier molecular flexibility index (Phi) is 2.81. The molecule has 0 spiro atoms. The van der Waals surface area contributed by atoms with Gasteiger partial charge in [-0.1, -0.05) is 0 Å². The van der Waals surface area contributed by atoms with E-state index in [0.717, 1.165) is 30.8 Å². The summed E-state index contributed by atoms with van der Waals surface area (Å²) in [6.45, 7) is 5.34. The number of aromatic nitrogens is 3. The van der Waals surface area contributed by atoms with Crippen molar-refractivity contribution in [2.75, 3.05) is 18.0 Å².